The van der Waals surface area contributed by atoms with E-state index in [4.69, 9.17) is 16.3 Å². The number of morpholine rings is 1. The third-order valence-electron chi connectivity index (χ3n) is 4.78. The first-order valence-electron chi connectivity index (χ1n) is 9.66. The molecule has 2 aromatic rings. The van der Waals surface area contributed by atoms with E-state index in [1.807, 2.05) is 18.3 Å². The van der Waals surface area contributed by atoms with Gasteiger partial charge < -0.3 is 15.4 Å². The fourth-order valence-corrected chi connectivity index (χ4v) is 3.28. The van der Waals surface area contributed by atoms with E-state index in [9.17, 15) is 0 Å². The molecular weight excluding hydrogens is 374 g/mol. The normalized spacial score (nSPS) is 15.4. The second-order valence-electron chi connectivity index (χ2n) is 6.75. The molecule has 0 atom stereocenters. The van der Waals surface area contributed by atoms with Gasteiger partial charge in [0.25, 0.3) is 0 Å². The summed E-state index contributed by atoms with van der Waals surface area (Å²) in [5.41, 5.74) is 3.78. The van der Waals surface area contributed by atoms with Gasteiger partial charge in [0, 0.05) is 46.0 Å². The Morgan fingerprint density at radius 1 is 1.14 bits per heavy atom. The van der Waals surface area contributed by atoms with E-state index in [1.165, 1.54) is 11.1 Å². The highest BCUT2D eigenvalue weighted by Gasteiger charge is 2.12. The number of aromatic nitrogens is 1. The van der Waals surface area contributed by atoms with Crippen LogP contribution in [0.25, 0.3) is 0 Å². The minimum absolute atomic E-state index is 0.518. The first-order valence-corrected chi connectivity index (χ1v) is 10.0. The van der Waals surface area contributed by atoms with Crippen molar-refractivity contribution < 1.29 is 4.74 Å². The molecule has 28 heavy (non-hydrogen) atoms. The highest BCUT2D eigenvalue weighted by Crippen LogP contribution is 2.13. The maximum Gasteiger partial charge on any atom is 0.191 e. The summed E-state index contributed by atoms with van der Waals surface area (Å²) in [4.78, 5) is 10.9. The summed E-state index contributed by atoms with van der Waals surface area (Å²) in [6.45, 7) is 6.09. The Hall–Kier alpha value is -2.15. The zero-order valence-corrected chi connectivity index (χ0v) is 17.1. The van der Waals surface area contributed by atoms with Crippen molar-refractivity contribution >= 4 is 17.6 Å². The van der Waals surface area contributed by atoms with Crippen LogP contribution in [0.1, 0.15) is 16.7 Å². The van der Waals surface area contributed by atoms with Crippen molar-refractivity contribution in [1.82, 2.24) is 20.5 Å². The summed E-state index contributed by atoms with van der Waals surface area (Å²) >= 11 is 5.83. The molecule has 6 nitrogen and oxygen atoms in total. The van der Waals surface area contributed by atoms with Crippen molar-refractivity contribution in [1.29, 1.82) is 0 Å². The van der Waals surface area contributed by atoms with Gasteiger partial charge in [0.05, 0.1) is 13.2 Å². The van der Waals surface area contributed by atoms with Crippen molar-refractivity contribution in [2.45, 2.75) is 19.5 Å². The first kappa shape index (κ1) is 20.6. The van der Waals surface area contributed by atoms with Gasteiger partial charge >= 0.3 is 0 Å². The Labute approximate surface area is 172 Å². The predicted octanol–water partition coefficient (Wildman–Crippen LogP) is 2.47. The standard InChI is InChI=1S/C21H28ClN5O/c1-23-21(24-9-8-17-6-7-20(22)25-14-17)26-15-18-4-2-3-5-19(18)16-27-10-12-28-13-11-27/h2-7,14H,8-13,15-16H2,1H3,(H2,23,24,26). The first-order chi connectivity index (χ1) is 13.7. The maximum atomic E-state index is 5.83. The van der Waals surface area contributed by atoms with Crippen LogP contribution in [0.15, 0.2) is 47.6 Å². The van der Waals surface area contributed by atoms with Crippen molar-refractivity contribution in [3.63, 3.8) is 0 Å². The molecule has 1 aliphatic heterocycles. The summed E-state index contributed by atoms with van der Waals surface area (Å²) in [5.74, 6) is 0.795. The molecule has 1 saturated heterocycles. The second kappa shape index (κ2) is 11.0. The Morgan fingerprint density at radius 3 is 2.64 bits per heavy atom. The quantitative estimate of drug-likeness (QED) is 0.424. The number of benzene rings is 1. The molecule has 1 aromatic heterocycles. The molecule has 0 radical (unpaired) electrons. The summed E-state index contributed by atoms with van der Waals surface area (Å²) in [7, 11) is 1.79. The van der Waals surface area contributed by atoms with Crippen LogP contribution in [0.2, 0.25) is 5.15 Å². The summed E-state index contributed by atoms with van der Waals surface area (Å²) in [6.07, 6.45) is 2.67. The van der Waals surface area contributed by atoms with Gasteiger partial charge in [-0.2, -0.15) is 0 Å². The predicted molar refractivity (Wildman–Crippen MR) is 114 cm³/mol. The molecule has 2 heterocycles. The van der Waals surface area contributed by atoms with E-state index >= 15 is 0 Å². The highest BCUT2D eigenvalue weighted by atomic mass is 35.5. The maximum absolute atomic E-state index is 5.83. The van der Waals surface area contributed by atoms with Gasteiger partial charge in [-0.3, -0.25) is 9.89 Å². The summed E-state index contributed by atoms with van der Waals surface area (Å²) < 4.78 is 5.45. The van der Waals surface area contributed by atoms with Crippen LogP contribution in [0.3, 0.4) is 0 Å². The van der Waals surface area contributed by atoms with E-state index in [-0.39, 0.29) is 0 Å². The molecular formula is C21H28ClN5O. The fraction of sp³-hybridized carbons (Fsp3) is 0.429. The molecule has 0 amide bonds. The smallest absolute Gasteiger partial charge is 0.191 e. The number of pyridine rings is 1. The molecule has 1 aromatic carbocycles. The van der Waals surface area contributed by atoms with E-state index < -0.39 is 0 Å². The molecule has 0 unspecified atom stereocenters. The van der Waals surface area contributed by atoms with Crippen LogP contribution in [-0.2, 0) is 24.2 Å². The zero-order chi connectivity index (χ0) is 19.6. The lowest BCUT2D eigenvalue weighted by atomic mass is 10.1. The molecule has 0 bridgehead atoms. The third-order valence-corrected chi connectivity index (χ3v) is 5.00. The molecule has 0 spiro atoms. The highest BCUT2D eigenvalue weighted by molar-refractivity contribution is 6.29. The average Bonchev–Trinajstić information content (AvgIpc) is 2.73. The van der Waals surface area contributed by atoms with Crippen molar-refractivity contribution in [2.24, 2.45) is 4.99 Å². The van der Waals surface area contributed by atoms with Crippen LogP contribution in [0.4, 0.5) is 0 Å². The average molecular weight is 402 g/mol. The molecule has 1 fully saturated rings. The summed E-state index contributed by atoms with van der Waals surface area (Å²) in [6, 6.07) is 12.4. The third kappa shape index (κ3) is 6.48. The largest absolute Gasteiger partial charge is 0.379 e. The lowest BCUT2D eigenvalue weighted by molar-refractivity contribution is 0.0341. The number of hydrogen-bond acceptors (Lipinski definition) is 4. The van der Waals surface area contributed by atoms with Crippen LogP contribution in [0.5, 0.6) is 0 Å². The molecule has 0 saturated carbocycles. The van der Waals surface area contributed by atoms with Gasteiger partial charge in [-0.1, -0.05) is 41.9 Å². The Bertz CT molecular complexity index is 760. The van der Waals surface area contributed by atoms with Crippen molar-refractivity contribution in [3.05, 3.63) is 64.4 Å². The van der Waals surface area contributed by atoms with Crippen molar-refractivity contribution in [3.8, 4) is 0 Å². The van der Waals surface area contributed by atoms with E-state index in [2.05, 4.69) is 49.8 Å². The Balaban J connectivity index is 1.48. The molecule has 7 heteroatoms. The van der Waals surface area contributed by atoms with Gasteiger partial charge in [0.1, 0.15) is 5.15 Å². The number of aliphatic imine (C=N–C) groups is 1. The van der Waals surface area contributed by atoms with Crippen molar-refractivity contribution in [2.75, 3.05) is 39.9 Å². The number of rotatable bonds is 7. The Morgan fingerprint density at radius 2 is 1.93 bits per heavy atom. The number of nitrogens with zero attached hydrogens (tertiary/aromatic N) is 3. The molecule has 150 valence electrons. The second-order valence-corrected chi connectivity index (χ2v) is 7.14. The monoisotopic (exact) mass is 401 g/mol. The zero-order valence-electron chi connectivity index (χ0n) is 16.3. The van der Waals surface area contributed by atoms with Gasteiger partial charge in [-0.15, -0.1) is 0 Å². The topological polar surface area (TPSA) is 61.8 Å². The Kier molecular flexibility index (Phi) is 8.08. The SMILES string of the molecule is CN=C(NCCc1ccc(Cl)nc1)NCc1ccccc1CN1CCOCC1. The number of halogens is 1. The summed E-state index contributed by atoms with van der Waals surface area (Å²) in [5, 5.41) is 7.29. The fourth-order valence-electron chi connectivity index (χ4n) is 3.16. The minimum atomic E-state index is 0.518. The molecule has 0 aliphatic carbocycles. The van der Waals surface area contributed by atoms with Crippen LogP contribution >= 0.6 is 11.6 Å². The molecule has 3 rings (SSSR count). The lowest BCUT2D eigenvalue weighted by Crippen LogP contribution is -2.38. The van der Waals surface area contributed by atoms with Gasteiger partial charge in [0.2, 0.25) is 0 Å². The van der Waals surface area contributed by atoms with Crippen LogP contribution in [-0.4, -0.2) is 55.7 Å². The molecule has 2 N–H and O–H groups in total. The molecule has 1 aliphatic rings. The van der Waals surface area contributed by atoms with Gasteiger partial charge in [-0.25, -0.2) is 4.98 Å². The van der Waals surface area contributed by atoms with Crippen LogP contribution < -0.4 is 10.6 Å². The van der Waals surface area contributed by atoms with Crippen LogP contribution in [0, 0.1) is 0 Å². The van der Waals surface area contributed by atoms with E-state index in [0.29, 0.717) is 5.15 Å². The van der Waals surface area contributed by atoms with Gasteiger partial charge in [-0.05, 0) is 29.2 Å². The number of ether oxygens (including phenoxy) is 1. The van der Waals surface area contributed by atoms with Gasteiger partial charge in [0.15, 0.2) is 5.96 Å². The number of hydrogen-bond donors (Lipinski definition) is 2. The minimum Gasteiger partial charge on any atom is -0.379 e. The number of guanidine groups is 1. The van der Waals surface area contributed by atoms with E-state index in [0.717, 1.165) is 63.9 Å². The number of nitrogens with one attached hydrogen (secondary N) is 2. The lowest BCUT2D eigenvalue weighted by Gasteiger charge is -2.27. The van der Waals surface area contributed by atoms with E-state index in [1.54, 1.807) is 7.05 Å².